The van der Waals surface area contributed by atoms with Gasteiger partial charge in [-0.2, -0.15) is 0 Å². The van der Waals surface area contributed by atoms with E-state index in [1.165, 1.54) is 11.8 Å². The molecule has 3 aromatic rings. The van der Waals surface area contributed by atoms with Crippen molar-refractivity contribution >= 4 is 11.6 Å². The average Bonchev–Trinajstić information content (AvgIpc) is 2.69. The first-order valence-corrected chi connectivity index (χ1v) is 9.34. The Bertz CT molecular complexity index is 964. The lowest BCUT2D eigenvalue weighted by Crippen LogP contribution is -2.14. The Hall–Kier alpha value is -3.27. The fourth-order valence-corrected chi connectivity index (χ4v) is 2.97. The van der Waals surface area contributed by atoms with Gasteiger partial charge in [-0.05, 0) is 49.6 Å². The number of Topliss-reactive ketones (excluding diaryl/α,β-unsaturated/α-hetero) is 2. The maximum Gasteiger partial charge on any atom is 0.192 e. The number of hydrogen-bond acceptors (Lipinski definition) is 4. The standard InChI is InChI=1S/C24H23NO3/c1-17(2)28-23-12-7-13-25-24(23)22(27)16-21(26)20-11-6-10-19(15-20)14-18-8-4-3-5-9-18/h3-13,15,17H,14,16H2,1-2H3. The lowest BCUT2D eigenvalue weighted by molar-refractivity contribution is 0.0888. The summed E-state index contributed by atoms with van der Waals surface area (Å²) in [5, 5.41) is 0. The van der Waals surface area contributed by atoms with Gasteiger partial charge in [0.15, 0.2) is 11.6 Å². The third-order valence-corrected chi connectivity index (χ3v) is 4.22. The van der Waals surface area contributed by atoms with Gasteiger partial charge in [0.25, 0.3) is 0 Å². The molecule has 0 fully saturated rings. The number of pyridine rings is 1. The van der Waals surface area contributed by atoms with E-state index < -0.39 is 0 Å². The summed E-state index contributed by atoms with van der Waals surface area (Å²) >= 11 is 0. The minimum absolute atomic E-state index is 0.0823. The van der Waals surface area contributed by atoms with Crippen LogP contribution in [0, 0.1) is 0 Å². The van der Waals surface area contributed by atoms with E-state index in [0.29, 0.717) is 11.3 Å². The van der Waals surface area contributed by atoms with Gasteiger partial charge >= 0.3 is 0 Å². The molecule has 4 heteroatoms. The van der Waals surface area contributed by atoms with E-state index >= 15 is 0 Å². The largest absolute Gasteiger partial charge is 0.489 e. The number of nitrogens with zero attached hydrogens (tertiary/aromatic N) is 1. The minimum atomic E-state index is -0.338. The summed E-state index contributed by atoms with van der Waals surface area (Å²) in [6.45, 7) is 3.76. The third kappa shape index (κ3) is 5.13. The molecule has 0 radical (unpaired) electrons. The zero-order valence-electron chi connectivity index (χ0n) is 16.1. The number of carbonyl (C=O) groups is 2. The van der Waals surface area contributed by atoms with Crippen LogP contribution >= 0.6 is 0 Å². The lowest BCUT2D eigenvalue weighted by Gasteiger charge is -2.12. The number of aromatic nitrogens is 1. The van der Waals surface area contributed by atoms with E-state index in [-0.39, 0.29) is 29.8 Å². The molecule has 0 amide bonds. The van der Waals surface area contributed by atoms with Crippen LogP contribution in [0.15, 0.2) is 72.9 Å². The smallest absolute Gasteiger partial charge is 0.192 e. The zero-order valence-corrected chi connectivity index (χ0v) is 16.1. The molecule has 0 saturated carbocycles. The van der Waals surface area contributed by atoms with E-state index in [9.17, 15) is 9.59 Å². The van der Waals surface area contributed by atoms with Crippen molar-refractivity contribution in [3.8, 4) is 5.75 Å². The molecule has 0 spiro atoms. The molecular formula is C24H23NO3. The molecule has 2 aromatic carbocycles. The number of carbonyl (C=O) groups excluding carboxylic acids is 2. The summed E-state index contributed by atoms with van der Waals surface area (Å²) in [5.74, 6) is -0.149. The van der Waals surface area contributed by atoms with Crippen molar-refractivity contribution in [3.63, 3.8) is 0 Å². The number of rotatable bonds is 8. The van der Waals surface area contributed by atoms with Crippen LogP contribution in [-0.4, -0.2) is 22.7 Å². The minimum Gasteiger partial charge on any atom is -0.489 e. The summed E-state index contributed by atoms with van der Waals surface area (Å²) in [6, 6.07) is 20.9. The molecule has 0 aliphatic rings. The summed E-state index contributed by atoms with van der Waals surface area (Å²) < 4.78 is 5.64. The second kappa shape index (κ2) is 9.09. The molecule has 142 valence electrons. The topological polar surface area (TPSA) is 56.3 Å². The molecule has 0 unspecified atom stereocenters. The summed E-state index contributed by atoms with van der Waals surface area (Å²) in [6.07, 6.45) is 1.95. The maximum absolute atomic E-state index is 12.7. The van der Waals surface area contributed by atoms with E-state index in [2.05, 4.69) is 17.1 Å². The molecule has 0 N–H and O–H groups in total. The van der Waals surface area contributed by atoms with Crippen LogP contribution in [0.5, 0.6) is 5.75 Å². The van der Waals surface area contributed by atoms with E-state index in [1.54, 1.807) is 18.2 Å². The molecule has 0 atom stereocenters. The van der Waals surface area contributed by atoms with Gasteiger partial charge in [0.1, 0.15) is 11.4 Å². The van der Waals surface area contributed by atoms with Crippen molar-refractivity contribution in [1.29, 1.82) is 0 Å². The van der Waals surface area contributed by atoms with Gasteiger partial charge < -0.3 is 4.74 Å². The zero-order chi connectivity index (χ0) is 19.9. The van der Waals surface area contributed by atoms with Gasteiger partial charge in [0, 0.05) is 11.8 Å². The third-order valence-electron chi connectivity index (χ3n) is 4.22. The normalized spacial score (nSPS) is 10.7. The lowest BCUT2D eigenvalue weighted by atomic mass is 9.99. The van der Waals surface area contributed by atoms with Gasteiger partial charge in [-0.25, -0.2) is 4.98 Å². The Kier molecular flexibility index (Phi) is 6.33. The Morgan fingerprint density at radius 1 is 0.893 bits per heavy atom. The van der Waals surface area contributed by atoms with Gasteiger partial charge in [-0.1, -0.05) is 48.5 Å². The van der Waals surface area contributed by atoms with Crippen LogP contribution in [0.3, 0.4) is 0 Å². The Morgan fingerprint density at radius 2 is 1.64 bits per heavy atom. The monoisotopic (exact) mass is 373 g/mol. The van der Waals surface area contributed by atoms with Crippen molar-refractivity contribution in [2.45, 2.75) is 32.8 Å². The van der Waals surface area contributed by atoms with Crippen molar-refractivity contribution in [2.24, 2.45) is 0 Å². The molecule has 1 heterocycles. The molecule has 4 nitrogen and oxygen atoms in total. The van der Waals surface area contributed by atoms with Crippen LogP contribution < -0.4 is 4.74 Å². The quantitative estimate of drug-likeness (QED) is 0.416. The number of benzene rings is 2. The van der Waals surface area contributed by atoms with Crippen LogP contribution in [0.2, 0.25) is 0 Å². The number of ketones is 2. The highest BCUT2D eigenvalue weighted by Gasteiger charge is 2.19. The van der Waals surface area contributed by atoms with E-state index in [1.807, 2.05) is 50.2 Å². The van der Waals surface area contributed by atoms with Crippen molar-refractivity contribution in [3.05, 3.63) is 95.3 Å². The molecular weight excluding hydrogens is 350 g/mol. The first-order chi connectivity index (χ1) is 13.5. The summed E-state index contributed by atoms with van der Waals surface area (Å²) in [4.78, 5) is 29.4. The van der Waals surface area contributed by atoms with Crippen LogP contribution in [0.1, 0.15) is 52.2 Å². The SMILES string of the molecule is CC(C)Oc1cccnc1C(=O)CC(=O)c1cccc(Cc2ccccc2)c1. The molecule has 3 rings (SSSR count). The first kappa shape index (κ1) is 19.5. The molecule has 0 saturated heterocycles. The van der Waals surface area contributed by atoms with Crippen LogP contribution in [-0.2, 0) is 6.42 Å². The van der Waals surface area contributed by atoms with E-state index in [0.717, 1.165) is 12.0 Å². The van der Waals surface area contributed by atoms with Gasteiger partial charge in [0.05, 0.1) is 12.5 Å². The second-order valence-corrected chi connectivity index (χ2v) is 6.90. The number of ether oxygens (including phenoxy) is 1. The highest BCUT2D eigenvalue weighted by atomic mass is 16.5. The molecule has 0 aliphatic carbocycles. The molecule has 1 aromatic heterocycles. The Morgan fingerprint density at radius 3 is 2.39 bits per heavy atom. The van der Waals surface area contributed by atoms with Crippen molar-refractivity contribution in [2.75, 3.05) is 0 Å². The molecule has 0 bridgehead atoms. The average molecular weight is 373 g/mol. The fraction of sp³-hybridized carbons (Fsp3) is 0.208. The first-order valence-electron chi connectivity index (χ1n) is 9.34. The second-order valence-electron chi connectivity index (χ2n) is 6.90. The highest BCUT2D eigenvalue weighted by molar-refractivity contribution is 6.13. The van der Waals surface area contributed by atoms with Crippen LogP contribution in [0.25, 0.3) is 0 Å². The molecule has 28 heavy (non-hydrogen) atoms. The highest BCUT2D eigenvalue weighted by Crippen LogP contribution is 2.20. The van der Waals surface area contributed by atoms with Crippen LogP contribution in [0.4, 0.5) is 0 Å². The van der Waals surface area contributed by atoms with Gasteiger partial charge in [-0.3, -0.25) is 9.59 Å². The fourth-order valence-electron chi connectivity index (χ4n) is 2.97. The molecule has 0 aliphatic heterocycles. The van der Waals surface area contributed by atoms with Gasteiger partial charge in [0.2, 0.25) is 0 Å². The Balaban J connectivity index is 1.73. The van der Waals surface area contributed by atoms with Crippen molar-refractivity contribution < 1.29 is 14.3 Å². The van der Waals surface area contributed by atoms with E-state index in [4.69, 9.17) is 4.74 Å². The summed E-state index contributed by atoms with van der Waals surface area (Å²) in [7, 11) is 0. The predicted octanol–water partition coefficient (Wildman–Crippen LogP) is 4.92. The van der Waals surface area contributed by atoms with Gasteiger partial charge in [-0.15, -0.1) is 0 Å². The number of hydrogen-bond donors (Lipinski definition) is 0. The summed E-state index contributed by atoms with van der Waals surface area (Å²) in [5.41, 5.74) is 2.94. The predicted molar refractivity (Wildman–Crippen MR) is 109 cm³/mol. The maximum atomic E-state index is 12.7. The van der Waals surface area contributed by atoms with Crippen molar-refractivity contribution in [1.82, 2.24) is 4.98 Å². The Labute approximate surface area is 165 Å².